The predicted octanol–water partition coefficient (Wildman–Crippen LogP) is 9.16. The number of carbonyl (C=O) groups excluding carboxylic acids is 1. The molecule has 0 N–H and O–H groups in total. The molecule has 3 rings (SSSR count). The monoisotopic (exact) mass is 512 g/mol. The van der Waals surface area contributed by atoms with Crippen molar-refractivity contribution in [3.63, 3.8) is 0 Å². The molecular formula is C34H40O4. The highest BCUT2D eigenvalue weighted by molar-refractivity contribution is 5.91. The van der Waals surface area contributed by atoms with Gasteiger partial charge in [-0.25, -0.2) is 4.79 Å². The van der Waals surface area contributed by atoms with Gasteiger partial charge >= 0.3 is 5.97 Å². The maximum atomic E-state index is 12.3. The average molecular weight is 513 g/mol. The largest absolute Gasteiger partial charge is 0.494 e. The summed E-state index contributed by atoms with van der Waals surface area (Å²) in [6.45, 7) is 8.96. The molecule has 0 fully saturated rings. The first-order valence-electron chi connectivity index (χ1n) is 13.7. The molecule has 3 aromatic rings. The van der Waals surface area contributed by atoms with E-state index in [2.05, 4.69) is 13.2 Å². The Morgan fingerprint density at radius 3 is 1.32 bits per heavy atom. The first-order chi connectivity index (χ1) is 18.7. The van der Waals surface area contributed by atoms with Gasteiger partial charge in [-0.1, -0.05) is 94.5 Å². The normalized spacial score (nSPS) is 10.5. The van der Waals surface area contributed by atoms with E-state index >= 15 is 0 Å². The molecule has 0 aliphatic carbocycles. The lowest BCUT2D eigenvalue weighted by atomic mass is 10.1. The highest BCUT2D eigenvalue weighted by Crippen LogP contribution is 2.18. The van der Waals surface area contributed by atoms with Crippen molar-refractivity contribution < 1.29 is 19.0 Å². The van der Waals surface area contributed by atoms with Gasteiger partial charge in [-0.2, -0.15) is 0 Å². The summed E-state index contributed by atoms with van der Waals surface area (Å²) in [5.41, 5.74) is 2.59. The summed E-state index contributed by atoms with van der Waals surface area (Å²) >= 11 is 0. The molecule has 200 valence electrons. The molecule has 38 heavy (non-hydrogen) atoms. The van der Waals surface area contributed by atoms with Gasteiger partial charge in [0.2, 0.25) is 0 Å². The molecule has 0 bridgehead atoms. The van der Waals surface area contributed by atoms with Crippen molar-refractivity contribution in [1.29, 1.82) is 0 Å². The lowest BCUT2D eigenvalue weighted by Crippen LogP contribution is -2.08. The van der Waals surface area contributed by atoms with Crippen molar-refractivity contribution >= 4 is 18.1 Å². The van der Waals surface area contributed by atoms with E-state index in [9.17, 15) is 4.79 Å². The Balaban J connectivity index is 1.15. The first-order valence-corrected chi connectivity index (χ1v) is 13.7. The fourth-order valence-corrected chi connectivity index (χ4v) is 4.05. The van der Waals surface area contributed by atoms with Gasteiger partial charge in [0, 0.05) is 0 Å². The summed E-state index contributed by atoms with van der Waals surface area (Å²) in [6, 6.07) is 22.4. The van der Waals surface area contributed by atoms with Crippen LogP contribution in [-0.4, -0.2) is 19.2 Å². The predicted molar refractivity (Wildman–Crippen MR) is 157 cm³/mol. The van der Waals surface area contributed by atoms with Gasteiger partial charge in [-0.3, -0.25) is 0 Å². The van der Waals surface area contributed by atoms with E-state index in [0.29, 0.717) is 17.9 Å². The number of esters is 1. The number of hydrogen-bond acceptors (Lipinski definition) is 4. The van der Waals surface area contributed by atoms with Crippen LogP contribution in [0.15, 0.2) is 86.0 Å². The third-order valence-corrected chi connectivity index (χ3v) is 6.36. The Morgan fingerprint density at radius 2 is 0.895 bits per heavy atom. The number of unbranched alkanes of at least 4 members (excludes halogenated alkanes) is 8. The highest BCUT2D eigenvalue weighted by atomic mass is 16.5. The molecule has 4 nitrogen and oxygen atoms in total. The zero-order valence-electron chi connectivity index (χ0n) is 22.4. The van der Waals surface area contributed by atoms with Crippen molar-refractivity contribution in [3.8, 4) is 17.2 Å². The Labute approximate surface area is 228 Å². The van der Waals surface area contributed by atoms with Gasteiger partial charge < -0.3 is 14.2 Å². The number of hydrogen-bond donors (Lipinski definition) is 0. The van der Waals surface area contributed by atoms with Gasteiger partial charge in [0.25, 0.3) is 0 Å². The van der Waals surface area contributed by atoms with Gasteiger partial charge in [0.1, 0.15) is 17.2 Å². The van der Waals surface area contributed by atoms with Gasteiger partial charge in [0.15, 0.2) is 0 Å². The standard InChI is InChI=1S/C34H40O4/c1-3-28-14-20-31(21-15-28)36-26-12-10-8-6-5-7-9-11-13-27-37-32-24-18-30(19-25-32)34(35)38-33-22-16-29(4-2)17-23-33/h3-4,14-25H,1-2,5-13,26-27H2. The first kappa shape index (κ1) is 28.8. The summed E-state index contributed by atoms with van der Waals surface area (Å²) in [5.74, 6) is 1.83. The Morgan fingerprint density at radius 1 is 0.526 bits per heavy atom. The van der Waals surface area contributed by atoms with Crippen LogP contribution >= 0.6 is 0 Å². The van der Waals surface area contributed by atoms with E-state index in [1.165, 1.54) is 44.9 Å². The van der Waals surface area contributed by atoms with Gasteiger partial charge in [-0.15, -0.1) is 0 Å². The fourth-order valence-electron chi connectivity index (χ4n) is 4.05. The van der Waals surface area contributed by atoms with Crippen molar-refractivity contribution in [3.05, 3.63) is 103 Å². The minimum Gasteiger partial charge on any atom is -0.494 e. The fraction of sp³-hybridized carbons (Fsp3) is 0.324. The smallest absolute Gasteiger partial charge is 0.343 e. The number of rotatable bonds is 18. The summed E-state index contributed by atoms with van der Waals surface area (Å²) in [7, 11) is 0. The Kier molecular flexibility index (Phi) is 12.8. The van der Waals surface area contributed by atoms with Crippen LogP contribution in [-0.2, 0) is 0 Å². The number of benzene rings is 3. The maximum Gasteiger partial charge on any atom is 0.343 e. The van der Waals surface area contributed by atoms with Crippen molar-refractivity contribution in [2.75, 3.05) is 13.2 Å². The molecule has 0 spiro atoms. The second kappa shape index (κ2) is 16.9. The van der Waals surface area contributed by atoms with E-state index in [4.69, 9.17) is 14.2 Å². The minimum absolute atomic E-state index is 0.383. The highest BCUT2D eigenvalue weighted by Gasteiger charge is 2.09. The van der Waals surface area contributed by atoms with Crippen LogP contribution in [0.25, 0.3) is 12.2 Å². The second-order valence-corrected chi connectivity index (χ2v) is 9.34. The summed E-state index contributed by atoms with van der Waals surface area (Å²) < 4.78 is 17.0. The molecule has 0 aromatic heterocycles. The SMILES string of the molecule is C=Cc1ccc(OCCCCCCCCCCCOc2ccc(C(=O)Oc3ccc(C=C)cc3)cc2)cc1. The summed E-state index contributed by atoms with van der Waals surface area (Å²) in [4.78, 5) is 12.3. The van der Waals surface area contributed by atoms with Crippen LogP contribution in [0.3, 0.4) is 0 Å². The molecule has 0 unspecified atom stereocenters. The molecule has 4 heteroatoms. The van der Waals surface area contributed by atoms with Crippen LogP contribution < -0.4 is 14.2 Å². The Bertz CT molecular complexity index is 1100. The molecule has 0 radical (unpaired) electrons. The van der Waals surface area contributed by atoms with Crippen molar-refractivity contribution in [2.24, 2.45) is 0 Å². The maximum absolute atomic E-state index is 12.3. The summed E-state index contributed by atoms with van der Waals surface area (Å²) in [6.07, 6.45) is 14.5. The zero-order valence-corrected chi connectivity index (χ0v) is 22.4. The molecule has 0 saturated heterocycles. The third kappa shape index (κ3) is 10.7. The van der Waals surface area contributed by atoms with Crippen LogP contribution in [0.2, 0.25) is 0 Å². The molecule has 3 aromatic carbocycles. The van der Waals surface area contributed by atoms with E-state index in [-0.39, 0.29) is 5.97 Å². The molecule has 0 aliphatic rings. The van der Waals surface area contributed by atoms with E-state index < -0.39 is 0 Å². The van der Waals surface area contributed by atoms with Gasteiger partial charge in [0.05, 0.1) is 18.8 Å². The molecular weight excluding hydrogens is 472 g/mol. The third-order valence-electron chi connectivity index (χ3n) is 6.36. The van der Waals surface area contributed by atoms with Crippen molar-refractivity contribution in [2.45, 2.75) is 57.8 Å². The molecule has 0 atom stereocenters. The van der Waals surface area contributed by atoms with E-state index in [0.717, 1.165) is 42.1 Å². The van der Waals surface area contributed by atoms with Crippen LogP contribution in [0.1, 0.15) is 79.3 Å². The minimum atomic E-state index is -0.383. The van der Waals surface area contributed by atoms with Crippen LogP contribution in [0.5, 0.6) is 17.2 Å². The quantitative estimate of drug-likeness (QED) is 0.0968. The lowest BCUT2D eigenvalue weighted by molar-refractivity contribution is 0.0734. The van der Waals surface area contributed by atoms with Crippen LogP contribution in [0.4, 0.5) is 0 Å². The van der Waals surface area contributed by atoms with Crippen molar-refractivity contribution in [1.82, 2.24) is 0 Å². The molecule has 0 heterocycles. The lowest BCUT2D eigenvalue weighted by Gasteiger charge is -2.08. The number of ether oxygens (including phenoxy) is 3. The van der Waals surface area contributed by atoms with Crippen LogP contribution in [0, 0.1) is 0 Å². The molecule has 0 saturated carbocycles. The van der Waals surface area contributed by atoms with Gasteiger partial charge in [-0.05, 0) is 72.5 Å². The molecule has 0 amide bonds. The van der Waals surface area contributed by atoms with E-state index in [1.54, 1.807) is 30.3 Å². The zero-order chi connectivity index (χ0) is 26.8. The topological polar surface area (TPSA) is 44.8 Å². The van der Waals surface area contributed by atoms with E-state index in [1.807, 2.05) is 54.6 Å². The average Bonchev–Trinajstić information content (AvgIpc) is 2.96. The number of carbonyl (C=O) groups is 1. The molecule has 0 aliphatic heterocycles. The second-order valence-electron chi connectivity index (χ2n) is 9.34. The Hall–Kier alpha value is -3.79. The summed E-state index contributed by atoms with van der Waals surface area (Å²) in [5, 5.41) is 0.